The second-order valence-corrected chi connectivity index (χ2v) is 7.67. The summed E-state index contributed by atoms with van der Waals surface area (Å²) in [5.74, 6) is 0.395. The molecule has 3 rings (SSSR count). The molecule has 2 heterocycles. The van der Waals surface area contributed by atoms with Gasteiger partial charge in [-0.1, -0.05) is 6.07 Å². The van der Waals surface area contributed by atoms with Crippen LogP contribution in [0.2, 0.25) is 0 Å². The first-order valence-electron chi connectivity index (χ1n) is 7.83. The van der Waals surface area contributed by atoms with Gasteiger partial charge in [0.25, 0.3) is 5.91 Å². The summed E-state index contributed by atoms with van der Waals surface area (Å²) < 4.78 is 0. The molecule has 2 amide bonds. The van der Waals surface area contributed by atoms with Gasteiger partial charge in [-0.3, -0.25) is 9.59 Å². The van der Waals surface area contributed by atoms with Crippen LogP contribution in [-0.2, 0) is 17.8 Å². The Bertz CT molecular complexity index is 770. The fourth-order valence-electron chi connectivity index (χ4n) is 2.91. The Labute approximate surface area is 150 Å². The van der Waals surface area contributed by atoms with Crippen molar-refractivity contribution in [2.45, 2.75) is 19.9 Å². The predicted octanol–water partition coefficient (Wildman–Crippen LogP) is 3.56. The van der Waals surface area contributed by atoms with Crippen LogP contribution >= 0.6 is 23.1 Å². The molecule has 2 aromatic rings. The van der Waals surface area contributed by atoms with Gasteiger partial charge in [-0.25, -0.2) is 0 Å². The Morgan fingerprint density at radius 2 is 2.17 bits per heavy atom. The third-order valence-electron chi connectivity index (χ3n) is 4.21. The lowest BCUT2D eigenvalue weighted by Gasteiger charge is -2.28. The summed E-state index contributed by atoms with van der Waals surface area (Å²) >= 11 is 3.24. The fourth-order valence-corrected chi connectivity index (χ4v) is 4.14. The smallest absolute Gasteiger partial charge is 0.254 e. The molecule has 0 spiro atoms. The molecule has 1 aliphatic heterocycles. The third kappa shape index (κ3) is 3.49. The van der Waals surface area contributed by atoms with Crippen molar-refractivity contribution in [3.63, 3.8) is 0 Å². The van der Waals surface area contributed by atoms with Crippen molar-refractivity contribution in [1.29, 1.82) is 0 Å². The molecule has 24 heavy (non-hydrogen) atoms. The number of amides is 2. The van der Waals surface area contributed by atoms with Gasteiger partial charge in [-0.15, -0.1) is 11.3 Å². The zero-order valence-corrected chi connectivity index (χ0v) is 15.4. The standard InChI is InChI=1S/C18H20N2O2S2/c1-12-14(4-3-5-15(12)19-17(21)11-23-2)18(22)20-8-6-16-13(10-20)7-9-24-16/h3-5,7,9H,6,8,10-11H2,1-2H3,(H,19,21). The van der Waals surface area contributed by atoms with Gasteiger partial charge in [0.15, 0.2) is 0 Å². The molecule has 1 aromatic heterocycles. The summed E-state index contributed by atoms with van der Waals surface area (Å²) in [4.78, 5) is 28.0. The van der Waals surface area contributed by atoms with Crippen molar-refractivity contribution in [3.8, 4) is 0 Å². The van der Waals surface area contributed by atoms with Gasteiger partial charge in [0, 0.05) is 29.2 Å². The number of carbonyl (C=O) groups excluding carboxylic acids is 2. The first-order valence-corrected chi connectivity index (χ1v) is 10.1. The Morgan fingerprint density at radius 3 is 2.96 bits per heavy atom. The van der Waals surface area contributed by atoms with Crippen molar-refractivity contribution in [3.05, 3.63) is 51.2 Å². The minimum absolute atomic E-state index is 0.0327. The fraction of sp³-hybridized carbons (Fsp3) is 0.333. The van der Waals surface area contributed by atoms with E-state index in [0.717, 1.165) is 18.5 Å². The number of nitrogens with zero attached hydrogens (tertiary/aromatic N) is 1. The van der Waals surface area contributed by atoms with Gasteiger partial charge in [-0.05, 0) is 54.3 Å². The van der Waals surface area contributed by atoms with Crippen LogP contribution in [0.5, 0.6) is 0 Å². The summed E-state index contributed by atoms with van der Waals surface area (Å²) in [5.41, 5.74) is 3.46. The van der Waals surface area contributed by atoms with E-state index < -0.39 is 0 Å². The highest BCUT2D eigenvalue weighted by atomic mass is 32.2. The van der Waals surface area contributed by atoms with Crippen LogP contribution in [0.15, 0.2) is 29.6 Å². The second-order valence-electron chi connectivity index (χ2n) is 5.81. The summed E-state index contributed by atoms with van der Waals surface area (Å²) in [6.07, 6.45) is 2.81. The highest BCUT2D eigenvalue weighted by molar-refractivity contribution is 7.99. The molecular formula is C18H20N2O2S2. The van der Waals surface area contributed by atoms with E-state index in [4.69, 9.17) is 0 Å². The highest BCUT2D eigenvalue weighted by Gasteiger charge is 2.24. The van der Waals surface area contributed by atoms with Crippen LogP contribution in [-0.4, -0.2) is 35.3 Å². The number of thiophene rings is 1. The maximum absolute atomic E-state index is 12.9. The van der Waals surface area contributed by atoms with Crippen LogP contribution in [0.1, 0.15) is 26.4 Å². The van der Waals surface area contributed by atoms with E-state index in [1.54, 1.807) is 11.3 Å². The van der Waals surface area contributed by atoms with E-state index in [1.165, 1.54) is 22.2 Å². The SMILES string of the molecule is CSCC(=O)Nc1cccc(C(=O)N2CCc3sccc3C2)c1C. The number of carbonyl (C=O) groups is 2. The zero-order chi connectivity index (χ0) is 17.1. The van der Waals surface area contributed by atoms with Crippen molar-refractivity contribution < 1.29 is 9.59 Å². The van der Waals surface area contributed by atoms with E-state index in [-0.39, 0.29) is 11.8 Å². The molecule has 6 heteroatoms. The van der Waals surface area contributed by atoms with Crippen molar-refractivity contribution in [2.24, 2.45) is 0 Å². The minimum atomic E-state index is -0.0453. The molecule has 0 saturated carbocycles. The van der Waals surface area contributed by atoms with E-state index in [9.17, 15) is 9.59 Å². The molecule has 0 radical (unpaired) electrons. The number of hydrogen-bond donors (Lipinski definition) is 1. The number of rotatable bonds is 4. The van der Waals surface area contributed by atoms with E-state index in [1.807, 2.05) is 36.3 Å². The van der Waals surface area contributed by atoms with Crippen LogP contribution in [0.4, 0.5) is 5.69 Å². The number of nitrogens with one attached hydrogen (secondary N) is 1. The first kappa shape index (κ1) is 17.0. The zero-order valence-electron chi connectivity index (χ0n) is 13.8. The van der Waals surface area contributed by atoms with Gasteiger partial charge >= 0.3 is 0 Å². The lowest BCUT2D eigenvalue weighted by Crippen LogP contribution is -2.35. The van der Waals surface area contributed by atoms with E-state index in [2.05, 4.69) is 16.8 Å². The largest absolute Gasteiger partial charge is 0.334 e. The predicted molar refractivity (Wildman–Crippen MR) is 101 cm³/mol. The van der Waals surface area contributed by atoms with E-state index >= 15 is 0 Å². The van der Waals surface area contributed by atoms with Gasteiger partial charge in [-0.2, -0.15) is 11.8 Å². The molecule has 0 unspecified atom stereocenters. The first-order chi connectivity index (χ1) is 11.6. The molecule has 0 aliphatic carbocycles. The number of anilines is 1. The van der Waals surface area contributed by atoms with Gasteiger partial charge in [0.1, 0.15) is 0 Å². The van der Waals surface area contributed by atoms with E-state index in [0.29, 0.717) is 23.5 Å². The number of thioether (sulfide) groups is 1. The maximum atomic E-state index is 12.9. The van der Waals surface area contributed by atoms with Crippen LogP contribution in [0.25, 0.3) is 0 Å². The Hall–Kier alpha value is -1.79. The number of benzene rings is 1. The van der Waals surface area contributed by atoms with Crippen LogP contribution in [0, 0.1) is 6.92 Å². The normalized spacial score (nSPS) is 13.5. The van der Waals surface area contributed by atoms with Gasteiger partial charge in [0.05, 0.1) is 5.75 Å². The molecule has 1 aromatic carbocycles. The Kier molecular flexibility index (Phi) is 5.26. The highest BCUT2D eigenvalue weighted by Crippen LogP contribution is 2.27. The molecule has 1 aliphatic rings. The Balaban J connectivity index is 1.79. The van der Waals surface area contributed by atoms with Crippen LogP contribution in [0.3, 0.4) is 0 Å². The minimum Gasteiger partial charge on any atom is -0.334 e. The number of hydrogen-bond acceptors (Lipinski definition) is 4. The summed E-state index contributed by atoms with van der Waals surface area (Å²) in [7, 11) is 0. The van der Waals surface area contributed by atoms with Gasteiger partial charge < -0.3 is 10.2 Å². The average Bonchev–Trinajstić information content (AvgIpc) is 3.04. The molecule has 1 N–H and O–H groups in total. The summed E-state index contributed by atoms with van der Waals surface area (Å²) in [6.45, 7) is 3.30. The molecule has 0 fully saturated rings. The summed E-state index contributed by atoms with van der Waals surface area (Å²) in [6, 6.07) is 7.61. The summed E-state index contributed by atoms with van der Waals surface area (Å²) in [5, 5.41) is 4.98. The van der Waals surface area contributed by atoms with Crippen molar-refractivity contribution in [2.75, 3.05) is 23.9 Å². The average molecular weight is 361 g/mol. The van der Waals surface area contributed by atoms with Crippen molar-refractivity contribution >= 4 is 40.6 Å². The quantitative estimate of drug-likeness (QED) is 0.907. The molecule has 0 bridgehead atoms. The lowest BCUT2D eigenvalue weighted by atomic mass is 10.0. The topological polar surface area (TPSA) is 49.4 Å². The third-order valence-corrected chi connectivity index (χ3v) is 5.78. The maximum Gasteiger partial charge on any atom is 0.254 e. The monoisotopic (exact) mass is 360 g/mol. The molecular weight excluding hydrogens is 340 g/mol. The lowest BCUT2D eigenvalue weighted by molar-refractivity contribution is -0.113. The molecule has 0 saturated heterocycles. The van der Waals surface area contributed by atoms with Crippen LogP contribution < -0.4 is 5.32 Å². The molecule has 126 valence electrons. The molecule has 0 atom stereocenters. The molecule has 4 nitrogen and oxygen atoms in total. The second kappa shape index (κ2) is 7.40. The van der Waals surface area contributed by atoms with Gasteiger partial charge in [0.2, 0.25) is 5.91 Å². The van der Waals surface area contributed by atoms with Crippen molar-refractivity contribution in [1.82, 2.24) is 4.90 Å². The Morgan fingerprint density at radius 1 is 1.33 bits per heavy atom. The number of fused-ring (bicyclic) bond motifs is 1.